The highest BCUT2D eigenvalue weighted by Crippen LogP contribution is 2.18. The standard InChI is InChI=1S/C16H23BrO2/c1-16(2,3)10-12-19-11-4-5-15(18)13-6-8-14(17)9-7-13/h6-9H,4-5,10-12H2,1-3H3. The van der Waals surface area contributed by atoms with Crippen molar-refractivity contribution in [2.45, 2.75) is 40.0 Å². The summed E-state index contributed by atoms with van der Waals surface area (Å²) >= 11 is 3.36. The van der Waals surface area contributed by atoms with E-state index in [1.807, 2.05) is 24.3 Å². The number of halogens is 1. The molecule has 3 heteroatoms. The smallest absolute Gasteiger partial charge is 0.162 e. The predicted molar refractivity (Wildman–Crippen MR) is 82.6 cm³/mol. The van der Waals surface area contributed by atoms with E-state index in [-0.39, 0.29) is 5.78 Å². The van der Waals surface area contributed by atoms with Crippen molar-refractivity contribution in [1.82, 2.24) is 0 Å². The number of carbonyl (C=O) groups excluding carboxylic acids is 1. The molecule has 0 N–H and O–H groups in total. The molecule has 0 fully saturated rings. The van der Waals surface area contributed by atoms with Gasteiger partial charge in [-0.25, -0.2) is 0 Å². The third kappa shape index (κ3) is 7.48. The van der Waals surface area contributed by atoms with Gasteiger partial charge in [0, 0.05) is 29.7 Å². The quantitative estimate of drug-likeness (QED) is 0.528. The first-order valence-electron chi connectivity index (χ1n) is 6.75. The van der Waals surface area contributed by atoms with Crippen LogP contribution in [0.5, 0.6) is 0 Å². The van der Waals surface area contributed by atoms with E-state index in [0.29, 0.717) is 18.4 Å². The molecule has 0 radical (unpaired) electrons. The van der Waals surface area contributed by atoms with E-state index in [2.05, 4.69) is 36.7 Å². The van der Waals surface area contributed by atoms with Gasteiger partial charge in [0.25, 0.3) is 0 Å². The van der Waals surface area contributed by atoms with Crippen molar-refractivity contribution in [2.24, 2.45) is 5.41 Å². The van der Waals surface area contributed by atoms with Crippen molar-refractivity contribution < 1.29 is 9.53 Å². The van der Waals surface area contributed by atoms with E-state index in [4.69, 9.17) is 4.74 Å². The Balaban J connectivity index is 2.16. The minimum absolute atomic E-state index is 0.187. The largest absolute Gasteiger partial charge is 0.381 e. The number of Topliss-reactive ketones (excluding diaryl/α,β-unsaturated/α-hetero) is 1. The molecule has 0 amide bonds. The van der Waals surface area contributed by atoms with Gasteiger partial charge in [0.15, 0.2) is 5.78 Å². The zero-order valence-corrected chi connectivity index (χ0v) is 13.6. The Morgan fingerprint density at radius 2 is 1.79 bits per heavy atom. The topological polar surface area (TPSA) is 26.3 Å². The second kappa shape index (κ2) is 7.81. The van der Waals surface area contributed by atoms with E-state index in [9.17, 15) is 4.79 Å². The molecule has 0 heterocycles. The molecule has 2 nitrogen and oxygen atoms in total. The van der Waals surface area contributed by atoms with Crippen LogP contribution in [-0.4, -0.2) is 19.0 Å². The second-order valence-electron chi connectivity index (χ2n) is 5.96. The van der Waals surface area contributed by atoms with E-state index in [1.54, 1.807) is 0 Å². The number of ketones is 1. The SMILES string of the molecule is CC(C)(C)CCOCCCC(=O)c1ccc(Br)cc1. The Hall–Kier alpha value is -0.670. The van der Waals surface area contributed by atoms with E-state index < -0.39 is 0 Å². The molecule has 19 heavy (non-hydrogen) atoms. The van der Waals surface area contributed by atoms with Gasteiger partial charge in [-0.1, -0.05) is 48.8 Å². The molecule has 106 valence electrons. The molecule has 0 saturated carbocycles. The van der Waals surface area contributed by atoms with Gasteiger partial charge >= 0.3 is 0 Å². The fraction of sp³-hybridized carbons (Fsp3) is 0.562. The number of rotatable bonds is 7. The molecule has 1 aromatic carbocycles. The first kappa shape index (κ1) is 16.4. The fourth-order valence-electron chi connectivity index (χ4n) is 1.60. The molecule has 0 saturated heterocycles. The first-order valence-corrected chi connectivity index (χ1v) is 7.54. The summed E-state index contributed by atoms with van der Waals surface area (Å²) in [7, 11) is 0. The van der Waals surface area contributed by atoms with Crippen LogP contribution in [0.1, 0.15) is 50.4 Å². The van der Waals surface area contributed by atoms with Crippen LogP contribution in [0.2, 0.25) is 0 Å². The van der Waals surface area contributed by atoms with Gasteiger partial charge in [-0.15, -0.1) is 0 Å². The number of hydrogen-bond donors (Lipinski definition) is 0. The summed E-state index contributed by atoms with van der Waals surface area (Å²) in [4.78, 5) is 11.9. The van der Waals surface area contributed by atoms with Crippen LogP contribution in [0.15, 0.2) is 28.7 Å². The molecule has 0 aromatic heterocycles. The Morgan fingerprint density at radius 3 is 2.37 bits per heavy atom. The highest BCUT2D eigenvalue weighted by atomic mass is 79.9. The first-order chi connectivity index (χ1) is 8.88. The van der Waals surface area contributed by atoms with Gasteiger partial charge in [-0.2, -0.15) is 0 Å². The summed E-state index contributed by atoms with van der Waals surface area (Å²) in [5, 5.41) is 0. The molecule has 0 bridgehead atoms. The average molecular weight is 327 g/mol. The van der Waals surface area contributed by atoms with Gasteiger partial charge in [-0.05, 0) is 30.4 Å². The fourth-order valence-corrected chi connectivity index (χ4v) is 1.86. The summed E-state index contributed by atoms with van der Waals surface area (Å²) in [6.07, 6.45) is 2.39. The second-order valence-corrected chi connectivity index (χ2v) is 6.87. The Bertz CT molecular complexity index is 390. The highest BCUT2D eigenvalue weighted by Gasteiger charge is 2.09. The maximum atomic E-state index is 11.9. The lowest BCUT2D eigenvalue weighted by Gasteiger charge is -2.17. The third-order valence-electron chi connectivity index (χ3n) is 2.86. The van der Waals surface area contributed by atoms with Gasteiger partial charge in [0.2, 0.25) is 0 Å². The lowest BCUT2D eigenvalue weighted by atomic mass is 9.93. The molecular formula is C16H23BrO2. The maximum absolute atomic E-state index is 11.9. The average Bonchev–Trinajstić information content (AvgIpc) is 2.33. The van der Waals surface area contributed by atoms with Gasteiger partial charge < -0.3 is 4.74 Å². The summed E-state index contributed by atoms with van der Waals surface area (Å²) in [5.41, 5.74) is 1.09. The minimum Gasteiger partial charge on any atom is -0.381 e. The van der Waals surface area contributed by atoms with Crippen LogP contribution in [0, 0.1) is 5.41 Å². The molecule has 0 unspecified atom stereocenters. The summed E-state index contributed by atoms with van der Waals surface area (Å²) in [5.74, 6) is 0.187. The van der Waals surface area contributed by atoms with Crippen molar-refractivity contribution in [1.29, 1.82) is 0 Å². The van der Waals surface area contributed by atoms with Crippen LogP contribution in [0.25, 0.3) is 0 Å². The van der Waals surface area contributed by atoms with Crippen molar-refractivity contribution in [2.75, 3.05) is 13.2 Å². The van der Waals surface area contributed by atoms with Crippen LogP contribution >= 0.6 is 15.9 Å². The van der Waals surface area contributed by atoms with Gasteiger partial charge in [0.05, 0.1) is 0 Å². The molecule has 0 spiro atoms. The molecule has 0 aliphatic heterocycles. The lowest BCUT2D eigenvalue weighted by molar-refractivity contribution is 0.0895. The normalized spacial score (nSPS) is 11.6. The van der Waals surface area contributed by atoms with Crippen molar-refractivity contribution >= 4 is 21.7 Å². The molecular weight excluding hydrogens is 304 g/mol. The number of hydrogen-bond acceptors (Lipinski definition) is 2. The lowest BCUT2D eigenvalue weighted by Crippen LogP contribution is -2.10. The number of ether oxygens (including phenoxy) is 1. The van der Waals surface area contributed by atoms with E-state index in [1.165, 1.54) is 0 Å². The minimum atomic E-state index is 0.187. The zero-order chi connectivity index (χ0) is 14.3. The van der Waals surface area contributed by atoms with Gasteiger partial charge in [0.1, 0.15) is 0 Å². The molecule has 1 rings (SSSR count). The Morgan fingerprint density at radius 1 is 1.16 bits per heavy atom. The Labute approximate surface area is 124 Å². The van der Waals surface area contributed by atoms with Crippen molar-refractivity contribution in [3.8, 4) is 0 Å². The monoisotopic (exact) mass is 326 g/mol. The number of carbonyl (C=O) groups is 1. The summed E-state index contributed by atoms with van der Waals surface area (Å²) in [6.45, 7) is 8.04. The molecule has 1 aromatic rings. The van der Waals surface area contributed by atoms with Crippen LogP contribution in [0.4, 0.5) is 0 Å². The molecule has 0 aliphatic carbocycles. The maximum Gasteiger partial charge on any atom is 0.162 e. The van der Waals surface area contributed by atoms with Crippen LogP contribution < -0.4 is 0 Å². The van der Waals surface area contributed by atoms with E-state index >= 15 is 0 Å². The van der Waals surface area contributed by atoms with Crippen molar-refractivity contribution in [3.63, 3.8) is 0 Å². The predicted octanol–water partition coefficient (Wildman–Crippen LogP) is 4.86. The van der Waals surface area contributed by atoms with Crippen LogP contribution in [0.3, 0.4) is 0 Å². The van der Waals surface area contributed by atoms with Gasteiger partial charge in [-0.3, -0.25) is 4.79 Å². The zero-order valence-electron chi connectivity index (χ0n) is 12.0. The molecule has 0 aliphatic rings. The van der Waals surface area contributed by atoms with Crippen molar-refractivity contribution in [3.05, 3.63) is 34.3 Å². The highest BCUT2D eigenvalue weighted by molar-refractivity contribution is 9.10. The van der Waals surface area contributed by atoms with Crippen LogP contribution in [-0.2, 0) is 4.74 Å². The van der Waals surface area contributed by atoms with E-state index in [0.717, 1.165) is 29.5 Å². The number of benzene rings is 1. The Kier molecular flexibility index (Phi) is 6.73. The summed E-state index contributed by atoms with van der Waals surface area (Å²) < 4.78 is 6.55. The molecule has 0 atom stereocenters. The third-order valence-corrected chi connectivity index (χ3v) is 3.38. The summed E-state index contributed by atoms with van der Waals surface area (Å²) in [6, 6.07) is 7.50.